The highest BCUT2D eigenvalue weighted by atomic mass is 15.2. The van der Waals surface area contributed by atoms with Gasteiger partial charge in [-0.05, 0) is 26.3 Å². The Morgan fingerprint density at radius 1 is 1.62 bits per heavy atom. The zero-order chi connectivity index (χ0) is 11.5. The second-order valence-corrected chi connectivity index (χ2v) is 4.66. The first kappa shape index (κ1) is 11.6. The van der Waals surface area contributed by atoms with Gasteiger partial charge in [0.1, 0.15) is 0 Å². The van der Waals surface area contributed by atoms with Gasteiger partial charge in [0.2, 0.25) is 0 Å². The molecule has 1 heterocycles. The maximum atomic E-state index is 5.90. The molecule has 0 radical (unpaired) electrons. The van der Waals surface area contributed by atoms with E-state index in [2.05, 4.69) is 21.4 Å². The molecular formula is C12H22N4. The Kier molecular flexibility index (Phi) is 3.61. The van der Waals surface area contributed by atoms with E-state index in [1.807, 2.05) is 19.4 Å². The normalized spacial score (nSPS) is 18.0. The van der Waals surface area contributed by atoms with Crippen LogP contribution in [0.2, 0.25) is 0 Å². The fourth-order valence-corrected chi connectivity index (χ4v) is 2.17. The SMILES string of the molecule is CCN(CCn1cncc1[C@H](C)N)C1CC1. The summed E-state index contributed by atoms with van der Waals surface area (Å²) in [6.45, 7) is 7.50. The van der Waals surface area contributed by atoms with Crippen molar-refractivity contribution < 1.29 is 0 Å². The molecule has 4 nitrogen and oxygen atoms in total. The Labute approximate surface area is 97.4 Å². The van der Waals surface area contributed by atoms with Crippen LogP contribution in [0.4, 0.5) is 0 Å². The maximum Gasteiger partial charge on any atom is 0.0949 e. The molecule has 2 N–H and O–H groups in total. The van der Waals surface area contributed by atoms with Gasteiger partial charge in [0.25, 0.3) is 0 Å². The van der Waals surface area contributed by atoms with Crippen molar-refractivity contribution in [1.29, 1.82) is 0 Å². The Morgan fingerprint density at radius 2 is 2.38 bits per heavy atom. The Morgan fingerprint density at radius 3 is 2.94 bits per heavy atom. The van der Waals surface area contributed by atoms with E-state index in [0.29, 0.717) is 0 Å². The van der Waals surface area contributed by atoms with E-state index in [1.54, 1.807) is 0 Å². The third-order valence-corrected chi connectivity index (χ3v) is 3.31. The largest absolute Gasteiger partial charge is 0.332 e. The number of imidazole rings is 1. The Bertz CT molecular complexity index is 328. The van der Waals surface area contributed by atoms with Crippen molar-refractivity contribution in [3.63, 3.8) is 0 Å². The van der Waals surface area contributed by atoms with Gasteiger partial charge in [-0.25, -0.2) is 4.98 Å². The molecule has 0 unspecified atom stereocenters. The zero-order valence-corrected chi connectivity index (χ0v) is 10.3. The summed E-state index contributed by atoms with van der Waals surface area (Å²) in [5.74, 6) is 0. The number of nitrogens with two attached hydrogens (primary N) is 1. The second-order valence-electron chi connectivity index (χ2n) is 4.66. The van der Waals surface area contributed by atoms with Crippen LogP contribution in [-0.4, -0.2) is 33.6 Å². The summed E-state index contributed by atoms with van der Waals surface area (Å²) in [4.78, 5) is 6.72. The zero-order valence-electron chi connectivity index (χ0n) is 10.3. The van der Waals surface area contributed by atoms with E-state index < -0.39 is 0 Å². The Hall–Kier alpha value is -0.870. The van der Waals surface area contributed by atoms with E-state index in [-0.39, 0.29) is 6.04 Å². The van der Waals surface area contributed by atoms with Crippen molar-refractivity contribution in [3.8, 4) is 0 Å². The van der Waals surface area contributed by atoms with Gasteiger partial charge < -0.3 is 10.3 Å². The van der Waals surface area contributed by atoms with Crippen LogP contribution in [0.3, 0.4) is 0 Å². The highest BCUT2D eigenvalue weighted by molar-refractivity contribution is 5.03. The minimum atomic E-state index is 0.0681. The molecule has 0 amide bonds. The molecule has 1 aliphatic rings. The molecule has 4 heteroatoms. The lowest BCUT2D eigenvalue weighted by Gasteiger charge is -2.21. The van der Waals surface area contributed by atoms with Gasteiger partial charge in [-0.1, -0.05) is 6.92 Å². The number of hydrogen-bond donors (Lipinski definition) is 1. The first-order chi connectivity index (χ1) is 7.72. The van der Waals surface area contributed by atoms with Crippen molar-refractivity contribution >= 4 is 0 Å². The van der Waals surface area contributed by atoms with E-state index in [1.165, 1.54) is 12.8 Å². The number of likely N-dealkylation sites (N-methyl/N-ethyl adjacent to an activating group) is 1. The summed E-state index contributed by atoms with van der Waals surface area (Å²) >= 11 is 0. The van der Waals surface area contributed by atoms with Crippen LogP contribution in [0.1, 0.15) is 38.4 Å². The molecule has 1 saturated carbocycles. The van der Waals surface area contributed by atoms with Gasteiger partial charge in [0.15, 0.2) is 0 Å². The maximum absolute atomic E-state index is 5.90. The molecule has 90 valence electrons. The standard InChI is InChI=1S/C12H22N4/c1-3-15(11-4-5-11)6-7-16-9-14-8-12(16)10(2)13/h8-11H,3-7,13H2,1-2H3/t10-/m0/s1. The van der Waals surface area contributed by atoms with E-state index in [4.69, 9.17) is 5.73 Å². The number of aromatic nitrogens is 2. The smallest absolute Gasteiger partial charge is 0.0949 e. The third-order valence-electron chi connectivity index (χ3n) is 3.31. The van der Waals surface area contributed by atoms with Crippen LogP contribution in [0.15, 0.2) is 12.5 Å². The predicted octanol–water partition coefficient (Wildman–Crippen LogP) is 1.39. The highest BCUT2D eigenvalue weighted by Crippen LogP contribution is 2.26. The fraction of sp³-hybridized carbons (Fsp3) is 0.750. The van der Waals surface area contributed by atoms with Gasteiger partial charge in [0.05, 0.1) is 12.0 Å². The molecule has 0 bridgehead atoms. The Balaban J connectivity index is 1.90. The molecule has 1 fully saturated rings. The van der Waals surface area contributed by atoms with Crippen LogP contribution in [0, 0.1) is 0 Å². The first-order valence-electron chi connectivity index (χ1n) is 6.22. The number of hydrogen-bond acceptors (Lipinski definition) is 3. The minimum Gasteiger partial charge on any atom is -0.332 e. The van der Waals surface area contributed by atoms with E-state index in [9.17, 15) is 0 Å². The predicted molar refractivity (Wildman–Crippen MR) is 65.1 cm³/mol. The van der Waals surface area contributed by atoms with Crippen molar-refractivity contribution in [1.82, 2.24) is 14.5 Å². The van der Waals surface area contributed by atoms with Crippen LogP contribution in [0.25, 0.3) is 0 Å². The highest BCUT2D eigenvalue weighted by Gasteiger charge is 2.27. The van der Waals surface area contributed by atoms with Crippen molar-refractivity contribution in [3.05, 3.63) is 18.2 Å². The molecule has 0 saturated heterocycles. The summed E-state index contributed by atoms with van der Waals surface area (Å²) in [6, 6.07) is 0.908. The molecule has 1 aliphatic carbocycles. The quantitative estimate of drug-likeness (QED) is 0.791. The summed E-state index contributed by atoms with van der Waals surface area (Å²) in [5, 5.41) is 0. The van der Waals surface area contributed by atoms with Crippen molar-refractivity contribution in [2.75, 3.05) is 13.1 Å². The van der Waals surface area contributed by atoms with Gasteiger partial charge in [-0.3, -0.25) is 4.90 Å². The second kappa shape index (κ2) is 4.97. The number of nitrogens with zero attached hydrogens (tertiary/aromatic N) is 3. The fourth-order valence-electron chi connectivity index (χ4n) is 2.17. The van der Waals surface area contributed by atoms with Gasteiger partial charge >= 0.3 is 0 Å². The number of rotatable bonds is 6. The lowest BCUT2D eigenvalue weighted by Crippen LogP contribution is -2.30. The summed E-state index contributed by atoms with van der Waals surface area (Å²) in [5.41, 5.74) is 7.03. The summed E-state index contributed by atoms with van der Waals surface area (Å²) in [6.07, 6.45) is 6.51. The third kappa shape index (κ3) is 2.62. The molecular weight excluding hydrogens is 200 g/mol. The van der Waals surface area contributed by atoms with E-state index in [0.717, 1.165) is 31.4 Å². The van der Waals surface area contributed by atoms with E-state index >= 15 is 0 Å². The molecule has 1 atom stereocenters. The summed E-state index contributed by atoms with van der Waals surface area (Å²) < 4.78 is 2.18. The van der Waals surface area contributed by atoms with Crippen molar-refractivity contribution in [2.45, 2.75) is 45.3 Å². The minimum absolute atomic E-state index is 0.0681. The topological polar surface area (TPSA) is 47.1 Å². The molecule has 1 aromatic heterocycles. The first-order valence-corrected chi connectivity index (χ1v) is 6.22. The lowest BCUT2D eigenvalue weighted by molar-refractivity contribution is 0.264. The van der Waals surface area contributed by atoms with Crippen LogP contribution >= 0.6 is 0 Å². The van der Waals surface area contributed by atoms with Crippen LogP contribution in [0.5, 0.6) is 0 Å². The molecule has 1 aromatic rings. The van der Waals surface area contributed by atoms with Gasteiger partial charge in [-0.15, -0.1) is 0 Å². The van der Waals surface area contributed by atoms with Crippen molar-refractivity contribution in [2.24, 2.45) is 5.73 Å². The molecule has 2 rings (SSSR count). The summed E-state index contributed by atoms with van der Waals surface area (Å²) in [7, 11) is 0. The molecule has 16 heavy (non-hydrogen) atoms. The van der Waals surface area contributed by atoms with Gasteiger partial charge in [0, 0.05) is 31.4 Å². The van der Waals surface area contributed by atoms with Gasteiger partial charge in [-0.2, -0.15) is 0 Å². The lowest BCUT2D eigenvalue weighted by atomic mass is 10.3. The van der Waals surface area contributed by atoms with Crippen LogP contribution in [-0.2, 0) is 6.54 Å². The molecule has 0 aliphatic heterocycles. The van der Waals surface area contributed by atoms with Crippen LogP contribution < -0.4 is 5.73 Å². The monoisotopic (exact) mass is 222 g/mol. The average Bonchev–Trinajstić information content (AvgIpc) is 2.97. The molecule has 0 aromatic carbocycles. The molecule has 0 spiro atoms. The average molecular weight is 222 g/mol.